The van der Waals surface area contributed by atoms with Crippen LogP contribution in [0.3, 0.4) is 0 Å². The minimum Gasteiger partial charge on any atom is -0.312 e. The standard InChI is InChI=1S/C17H19FN4O2S/c1-17(2,3)15-20-21-16(25-15)19-14(24)10-8-13(23)22(9-10)12-6-4-11(18)5-7-12/h4-7,10H,8-9H2,1-3H3,(H,19,21,24). The molecule has 1 aromatic carbocycles. The number of halogens is 1. The SMILES string of the molecule is CC(C)(C)c1nnc(NC(=O)C2CC(=O)N(c3ccc(F)cc3)C2)s1. The number of anilines is 2. The van der Waals surface area contributed by atoms with Crippen molar-refractivity contribution in [3.8, 4) is 0 Å². The van der Waals surface area contributed by atoms with Crippen molar-refractivity contribution in [2.75, 3.05) is 16.8 Å². The van der Waals surface area contributed by atoms with Gasteiger partial charge in [0.15, 0.2) is 0 Å². The zero-order valence-corrected chi connectivity index (χ0v) is 15.1. The summed E-state index contributed by atoms with van der Waals surface area (Å²) in [5.41, 5.74) is 0.455. The molecule has 25 heavy (non-hydrogen) atoms. The van der Waals surface area contributed by atoms with Crippen LogP contribution in [0.4, 0.5) is 15.2 Å². The molecule has 0 aliphatic carbocycles. The summed E-state index contributed by atoms with van der Waals surface area (Å²) < 4.78 is 13.0. The quantitative estimate of drug-likeness (QED) is 0.911. The molecule has 1 atom stereocenters. The van der Waals surface area contributed by atoms with Gasteiger partial charge in [-0.1, -0.05) is 32.1 Å². The Hall–Kier alpha value is -2.35. The van der Waals surface area contributed by atoms with Crippen LogP contribution in [-0.2, 0) is 15.0 Å². The second kappa shape index (κ2) is 6.51. The van der Waals surface area contributed by atoms with Gasteiger partial charge in [0.25, 0.3) is 0 Å². The number of carbonyl (C=O) groups excluding carboxylic acids is 2. The van der Waals surface area contributed by atoms with Crippen molar-refractivity contribution in [3.63, 3.8) is 0 Å². The molecule has 0 radical (unpaired) electrons. The molecule has 8 heteroatoms. The van der Waals surface area contributed by atoms with Crippen LogP contribution in [0.15, 0.2) is 24.3 Å². The molecule has 132 valence electrons. The Morgan fingerprint density at radius 3 is 2.56 bits per heavy atom. The summed E-state index contributed by atoms with van der Waals surface area (Å²) >= 11 is 1.33. The first-order chi connectivity index (χ1) is 11.7. The predicted octanol–water partition coefficient (Wildman–Crippen LogP) is 2.97. The van der Waals surface area contributed by atoms with Gasteiger partial charge in [-0.25, -0.2) is 4.39 Å². The molecule has 6 nitrogen and oxygen atoms in total. The number of benzene rings is 1. The van der Waals surface area contributed by atoms with Gasteiger partial charge in [-0.2, -0.15) is 0 Å². The number of carbonyl (C=O) groups is 2. The molecular weight excluding hydrogens is 343 g/mol. The lowest BCUT2D eigenvalue weighted by molar-refractivity contribution is -0.122. The Bertz CT molecular complexity index is 798. The van der Waals surface area contributed by atoms with Gasteiger partial charge in [0.05, 0.1) is 5.92 Å². The molecule has 1 unspecified atom stereocenters. The van der Waals surface area contributed by atoms with Crippen LogP contribution in [0, 0.1) is 11.7 Å². The number of nitrogens with zero attached hydrogens (tertiary/aromatic N) is 3. The van der Waals surface area contributed by atoms with Gasteiger partial charge in [0.2, 0.25) is 16.9 Å². The van der Waals surface area contributed by atoms with Gasteiger partial charge in [0.1, 0.15) is 10.8 Å². The van der Waals surface area contributed by atoms with Crippen molar-refractivity contribution in [1.82, 2.24) is 10.2 Å². The summed E-state index contributed by atoms with van der Waals surface area (Å²) in [5.74, 6) is -1.25. The molecule has 1 aliphatic rings. The molecule has 1 saturated heterocycles. The summed E-state index contributed by atoms with van der Waals surface area (Å²) in [6.45, 7) is 6.33. The lowest BCUT2D eigenvalue weighted by Gasteiger charge is -2.16. The fraction of sp³-hybridized carbons (Fsp3) is 0.412. The first kappa shape index (κ1) is 17.5. The molecule has 0 bridgehead atoms. The molecule has 1 N–H and O–H groups in total. The topological polar surface area (TPSA) is 75.2 Å². The minimum absolute atomic E-state index is 0.119. The lowest BCUT2D eigenvalue weighted by atomic mass is 9.98. The fourth-order valence-electron chi connectivity index (χ4n) is 2.54. The average molecular weight is 362 g/mol. The summed E-state index contributed by atoms with van der Waals surface area (Å²) in [6, 6.07) is 5.66. The number of aromatic nitrogens is 2. The molecule has 3 rings (SSSR count). The Kier molecular flexibility index (Phi) is 4.55. The normalized spacial score (nSPS) is 17.8. The first-order valence-electron chi connectivity index (χ1n) is 7.95. The summed E-state index contributed by atoms with van der Waals surface area (Å²) in [4.78, 5) is 26.1. The molecule has 2 aromatic rings. The van der Waals surface area contributed by atoms with E-state index in [2.05, 4.69) is 15.5 Å². The maximum Gasteiger partial charge on any atom is 0.231 e. The fourth-order valence-corrected chi connectivity index (χ4v) is 3.34. The van der Waals surface area contributed by atoms with E-state index in [1.165, 1.54) is 40.5 Å². The van der Waals surface area contributed by atoms with E-state index in [4.69, 9.17) is 0 Å². The Morgan fingerprint density at radius 2 is 1.96 bits per heavy atom. The Balaban J connectivity index is 1.66. The summed E-state index contributed by atoms with van der Waals surface area (Å²) in [5, 5.41) is 12.1. The van der Waals surface area contributed by atoms with Gasteiger partial charge in [-0.3, -0.25) is 9.59 Å². The van der Waals surface area contributed by atoms with E-state index in [-0.39, 0.29) is 36.0 Å². The minimum atomic E-state index is -0.473. The molecular formula is C17H19FN4O2S. The average Bonchev–Trinajstić information content (AvgIpc) is 3.15. The predicted molar refractivity (Wildman–Crippen MR) is 94.1 cm³/mol. The first-order valence-corrected chi connectivity index (χ1v) is 8.76. The van der Waals surface area contributed by atoms with Crippen molar-refractivity contribution in [3.05, 3.63) is 35.1 Å². The highest BCUT2D eigenvalue weighted by molar-refractivity contribution is 7.15. The third kappa shape index (κ3) is 3.84. The summed E-state index contributed by atoms with van der Waals surface area (Å²) in [7, 11) is 0. The van der Waals surface area contributed by atoms with Crippen LogP contribution < -0.4 is 10.2 Å². The largest absolute Gasteiger partial charge is 0.312 e. The van der Waals surface area contributed by atoms with E-state index in [0.29, 0.717) is 10.8 Å². The number of amides is 2. The van der Waals surface area contributed by atoms with E-state index >= 15 is 0 Å². The van der Waals surface area contributed by atoms with E-state index < -0.39 is 5.92 Å². The van der Waals surface area contributed by atoms with Gasteiger partial charge < -0.3 is 10.2 Å². The van der Waals surface area contributed by atoms with E-state index in [1.807, 2.05) is 20.8 Å². The Labute approximate surface area is 149 Å². The van der Waals surface area contributed by atoms with Gasteiger partial charge in [-0.05, 0) is 24.3 Å². The molecule has 1 aliphatic heterocycles. The maximum atomic E-state index is 13.0. The van der Waals surface area contributed by atoms with Gasteiger partial charge >= 0.3 is 0 Å². The third-order valence-corrected chi connectivity index (χ3v) is 5.20. The molecule has 1 fully saturated rings. The highest BCUT2D eigenvalue weighted by Crippen LogP contribution is 2.29. The highest BCUT2D eigenvalue weighted by Gasteiger charge is 2.35. The van der Waals surface area contributed by atoms with E-state index in [0.717, 1.165) is 5.01 Å². The van der Waals surface area contributed by atoms with Gasteiger partial charge in [0, 0.05) is 24.1 Å². The van der Waals surface area contributed by atoms with Crippen molar-refractivity contribution in [1.29, 1.82) is 0 Å². The molecule has 0 saturated carbocycles. The van der Waals surface area contributed by atoms with Crippen LogP contribution in [0.5, 0.6) is 0 Å². The van der Waals surface area contributed by atoms with Crippen molar-refractivity contribution >= 4 is 34.0 Å². The monoisotopic (exact) mass is 362 g/mol. The van der Waals surface area contributed by atoms with Crippen LogP contribution in [-0.4, -0.2) is 28.6 Å². The zero-order valence-electron chi connectivity index (χ0n) is 14.2. The van der Waals surface area contributed by atoms with Crippen LogP contribution in [0.25, 0.3) is 0 Å². The van der Waals surface area contributed by atoms with Gasteiger partial charge in [-0.15, -0.1) is 10.2 Å². The third-order valence-electron chi connectivity index (χ3n) is 3.93. The molecule has 1 aromatic heterocycles. The maximum absolute atomic E-state index is 13.0. The molecule has 0 spiro atoms. The second-order valence-corrected chi connectivity index (χ2v) is 8.01. The number of rotatable bonds is 3. The molecule has 2 amide bonds. The van der Waals surface area contributed by atoms with E-state index in [1.54, 1.807) is 0 Å². The van der Waals surface area contributed by atoms with E-state index in [9.17, 15) is 14.0 Å². The number of hydrogen-bond donors (Lipinski definition) is 1. The van der Waals surface area contributed by atoms with Crippen molar-refractivity contribution in [2.45, 2.75) is 32.6 Å². The van der Waals surface area contributed by atoms with Crippen LogP contribution >= 0.6 is 11.3 Å². The van der Waals surface area contributed by atoms with Crippen molar-refractivity contribution < 1.29 is 14.0 Å². The Morgan fingerprint density at radius 1 is 1.28 bits per heavy atom. The van der Waals surface area contributed by atoms with Crippen molar-refractivity contribution in [2.24, 2.45) is 5.92 Å². The number of hydrogen-bond acceptors (Lipinski definition) is 5. The number of nitrogens with one attached hydrogen (secondary N) is 1. The smallest absolute Gasteiger partial charge is 0.231 e. The van der Waals surface area contributed by atoms with Crippen LogP contribution in [0.2, 0.25) is 0 Å². The zero-order chi connectivity index (χ0) is 18.2. The lowest BCUT2D eigenvalue weighted by Crippen LogP contribution is -2.28. The van der Waals surface area contributed by atoms with Crippen LogP contribution in [0.1, 0.15) is 32.2 Å². The second-order valence-electron chi connectivity index (χ2n) is 7.03. The highest BCUT2D eigenvalue weighted by atomic mass is 32.1. The molecule has 2 heterocycles. The summed E-state index contributed by atoms with van der Waals surface area (Å²) in [6.07, 6.45) is 0.119.